The van der Waals surface area contributed by atoms with Gasteiger partial charge in [-0.25, -0.2) is 0 Å². The van der Waals surface area contributed by atoms with E-state index in [9.17, 15) is 13.2 Å². The normalized spacial score (nSPS) is 33.8. The van der Waals surface area contributed by atoms with Gasteiger partial charge < -0.3 is 10.5 Å². The average Bonchev–Trinajstić information content (AvgIpc) is 2.27. The van der Waals surface area contributed by atoms with Crippen molar-refractivity contribution in [1.82, 2.24) is 4.90 Å². The van der Waals surface area contributed by atoms with E-state index in [1.54, 1.807) is 0 Å². The number of halogens is 3. The number of ether oxygens (including phenoxy) is 1. The Hall–Kier alpha value is -0.330. The van der Waals surface area contributed by atoms with Crippen molar-refractivity contribution in [3.8, 4) is 0 Å². The Labute approximate surface area is 105 Å². The van der Waals surface area contributed by atoms with E-state index in [2.05, 4.69) is 0 Å². The van der Waals surface area contributed by atoms with Gasteiger partial charge >= 0.3 is 6.18 Å². The highest BCUT2D eigenvalue weighted by Crippen LogP contribution is 2.35. The van der Waals surface area contributed by atoms with Gasteiger partial charge in [-0.2, -0.15) is 13.2 Å². The smallest absolute Gasteiger partial charge is 0.375 e. The molecule has 2 rings (SSSR count). The maximum Gasteiger partial charge on any atom is 0.405 e. The van der Waals surface area contributed by atoms with E-state index in [0.29, 0.717) is 13.2 Å². The van der Waals surface area contributed by atoms with Crippen LogP contribution < -0.4 is 5.73 Å². The zero-order valence-corrected chi connectivity index (χ0v) is 10.6. The summed E-state index contributed by atoms with van der Waals surface area (Å²) in [6.07, 6.45) is -0.646. The molecular weight excluding hydrogens is 245 g/mol. The Morgan fingerprint density at radius 1 is 1.28 bits per heavy atom. The Morgan fingerprint density at radius 2 is 1.94 bits per heavy atom. The van der Waals surface area contributed by atoms with Gasteiger partial charge in [-0.15, -0.1) is 0 Å². The van der Waals surface area contributed by atoms with Crippen LogP contribution in [0.3, 0.4) is 0 Å². The predicted molar refractivity (Wildman–Crippen MR) is 62.2 cm³/mol. The van der Waals surface area contributed by atoms with Crippen molar-refractivity contribution >= 4 is 0 Å². The summed E-state index contributed by atoms with van der Waals surface area (Å²) in [6, 6.07) is -2.58. The maximum absolute atomic E-state index is 13.2. The molecule has 1 aliphatic carbocycles. The third kappa shape index (κ3) is 2.81. The minimum Gasteiger partial charge on any atom is -0.375 e. The van der Waals surface area contributed by atoms with Crippen molar-refractivity contribution in [1.29, 1.82) is 0 Å². The number of alkyl halides is 3. The largest absolute Gasteiger partial charge is 0.405 e. The molecule has 0 aromatic carbocycles. The van der Waals surface area contributed by atoms with Crippen LogP contribution in [0.25, 0.3) is 0 Å². The van der Waals surface area contributed by atoms with Crippen LogP contribution in [-0.2, 0) is 4.74 Å². The molecule has 0 bridgehead atoms. The Bertz CT molecular complexity index is 281. The molecule has 2 fully saturated rings. The van der Waals surface area contributed by atoms with Crippen LogP contribution in [0.15, 0.2) is 0 Å². The lowest BCUT2D eigenvalue weighted by molar-refractivity contribution is -0.217. The Morgan fingerprint density at radius 3 is 2.56 bits per heavy atom. The number of hydrogen-bond acceptors (Lipinski definition) is 3. The molecule has 2 N–H and O–H groups in total. The van der Waals surface area contributed by atoms with Crippen LogP contribution in [-0.4, -0.2) is 48.5 Å². The Kier molecular flexibility index (Phi) is 4.18. The molecule has 1 aliphatic heterocycles. The lowest BCUT2D eigenvalue weighted by Crippen LogP contribution is -2.64. The molecule has 2 aliphatic rings. The third-order valence-electron chi connectivity index (χ3n) is 3.97. The standard InChI is InChI=1S/C12H21F3N2O/c1-8(16)11(12(13,14)15)17-6-7-18-10-5-3-2-4-9(10)17/h8-11H,2-7,16H2,1H3. The summed E-state index contributed by atoms with van der Waals surface area (Å²) in [7, 11) is 0. The number of morpholine rings is 1. The van der Waals surface area contributed by atoms with E-state index in [1.807, 2.05) is 0 Å². The molecule has 0 amide bonds. The monoisotopic (exact) mass is 266 g/mol. The summed E-state index contributed by atoms with van der Waals surface area (Å²) in [5, 5.41) is 0. The molecule has 6 heteroatoms. The second kappa shape index (κ2) is 5.35. The van der Waals surface area contributed by atoms with Gasteiger partial charge in [0, 0.05) is 18.6 Å². The van der Waals surface area contributed by atoms with E-state index in [1.165, 1.54) is 11.8 Å². The number of nitrogens with two attached hydrogens (primary N) is 1. The van der Waals surface area contributed by atoms with E-state index in [4.69, 9.17) is 10.5 Å². The van der Waals surface area contributed by atoms with E-state index >= 15 is 0 Å². The van der Waals surface area contributed by atoms with Gasteiger partial charge in [0.1, 0.15) is 6.04 Å². The fourth-order valence-electron chi connectivity index (χ4n) is 3.26. The van der Waals surface area contributed by atoms with E-state index in [-0.39, 0.29) is 12.1 Å². The number of nitrogens with zero attached hydrogens (tertiary/aromatic N) is 1. The summed E-state index contributed by atoms with van der Waals surface area (Å²) in [5.74, 6) is 0. The van der Waals surface area contributed by atoms with E-state index in [0.717, 1.165) is 25.7 Å². The first-order chi connectivity index (χ1) is 8.41. The minimum atomic E-state index is -4.27. The van der Waals surface area contributed by atoms with Crippen LogP contribution in [0.4, 0.5) is 13.2 Å². The molecule has 1 saturated heterocycles. The second-order valence-electron chi connectivity index (χ2n) is 5.34. The van der Waals surface area contributed by atoms with Crippen LogP contribution in [0.5, 0.6) is 0 Å². The summed E-state index contributed by atoms with van der Waals surface area (Å²) < 4.78 is 45.1. The van der Waals surface area contributed by atoms with Gasteiger partial charge in [-0.05, 0) is 19.8 Å². The van der Waals surface area contributed by atoms with Crippen molar-refractivity contribution in [3.63, 3.8) is 0 Å². The first-order valence-electron chi connectivity index (χ1n) is 6.61. The van der Waals surface area contributed by atoms with E-state index < -0.39 is 18.3 Å². The molecule has 0 aromatic rings. The highest BCUT2D eigenvalue weighted by atomic mass is 19.4. The van der Waals surface area contributed by atoms with Crippen molar-refractivity contribution < 1.29 is 17.9 Å². The highest BCUT2D eigenvalue weighted by molar-refractivity contribution is 4.95. The second-order valence-corrected chi connectivity index (χ2v) is 5.34. The molecule has 3 nitrogen and oxygen atoms in total. The van der Waals surface area contributed by atoms with Crippen LogP contribution in [0.2, 0.25) is 0 Å². The van der Waals surface area contributed by atoms with Crippen molar-refractivity contribution in [3.05, 3.63) is 0 Å². The SMILES string of the molecule is CC(N)C(N1CCOC2CCCCC21)C(F)(F)F. The molecule has 1 heterocycles. The van der Waals surface area contributed by atoms with Crippen LogP contribution in [0, 0.1) is 0 Å². The fourth-order valence-corrected chi connectivity index (χ4v) is 3.26. The molecule has 4 unspecified atom stereocenters. The first kappa shape index (κ1) is 14.1. The van der Waals surface area contributed by atoms with Gasteiger partial charge in [-0.3, -0.25) is 4.90 Å². The van der Waals surface area contributed by atoms with Crippen molar-refractivity contribution in [2.24, 2.45) is 5.73 Å². The van der Waals surface area contributed by atoms with Gasteiger partial charge in [0.05, 0.1) is 12.7 Å². The molecule has 1 saturated carbocycles. The molecule has 18 heavy (non-hydrogen) atoms. The topological polar surface area (TPSA) is 38.5 Å². The lowest BCUT2D eigenvalue weighted by Gasteiger charge is -2.48. The summed E-state index contributed by atoms with van der Waals surface area (Å²) in [4.78, 5) is 1.54. The number of rotatable bonds is 2. The Balaban J connectivity index is 2.17. The first-order valence-corrected chi connectivity index (χ1v) is 6.61. The lowest BCUT2D eigenvalue weighted by atomic mass is 9.88. The zero-order chi connectivity index (χ0) is 13.3. The van der Waals surface area contributed by atoms with Gasteiger partial charge in [-0.1, -0.05) is 12.8 Å². The van der Waals surface area contributed by atoms with Gasteiger partial charge in [0.25, 0.3) is 0 Å². The highest BCUT2D eigenvalue weighted by Gasteiger charge is 2.50. The van der Waals surface area contributed by atoms with Gasteiger partial charge in [0.15, 0.2) is 0 Å². The van der Waals surface area contributed by atoms with Gasteiger partial charge in [0.2, 0.25) is 0 Å². The quantitative estimate of drug-likeness (QED) is 0.829. The predicted octanol–water partition coefficient (Wildman–Crippen LogP) is 1.91. The van der Waals surface area contributed by atoms with Crippen LogP contribution >= 0.6 is 0 Å². The summed E-state index contributed by atoms with van der Waals surface area (Å²) in [6.45, 7) is 2.14. The molecule has 0 aromatic heterocycles. The molecule has 0 spiro atoms. The molecule has 4 atom stereocenters. The summed E-state index contributed by atoms with van der Waals surface area (Å²) in [5.41, 5.74) is 5.57. The molecular formula is C12H21F3N2O. The van der Waals surface area contributed by atoms with Crippen LogP contribution in [0.1, 0.15) is 32.6 Å². The number of hydrogen-bond donors (Lipinski definition) is 1. The maximum atomic E-state index is 13.2. The molecule has 0 radical (unpaired) electrons. The molecule has 106 valence electrons. The average molecular weight is 266 g/mol. The fraction of sp³-hybridized carbons (Fsp3) is 1.00. The number of fused-ring (bicyclic) bond motifs is 1. The summed E-state index contributed by atoms with van der Waals surface area (Å²) >= 11 is 0. The third-order valence-corrected chi connectivity index (χ3v) is 3.97. The zero-order valence-electron chi connectivity index (χ0n) is 10.6. The van der Waals surface area contributed by atoms with Crippen molar-refractivity contribution in [2.75, 3.05) is 13.2 Å². The minimum absolute atomic E-state index is 0.0453. The van der Waals surface area contributed by atoms with Crippen molar-refractivity contribution in [2.45, 2.75) is 63.0 Å².